The highest BCUT2D eigenvalue weighted by Crippen LogP contribution is 2.24. The van der Waals surface area contributed by atoms with E-state index in [0.29, 0.717) is 22.3 Å². The number of carbonyl (C=O) groups excluding carboxylic acids is 1. The zero-order valence-corrected chi connectivity index (χ0v) is 15.1. The van der Waals surface area contributed by atoms with Crippen LogP contribution in [0.25, 0.3) is 11.0 Å². The van der Waals surface area contributed by atoms with Gasteiger partial charge in [0.15, 0.2) is 22.8 Å². The number of nitrogens with one attached hydrogen (secondary N) is 1. The highest BCUT2D eigenvalue weighted by Gasteiger charge is 2.13. The number of amides is 1. The first-order valence-electron chi connectivity index (χ1n) is 8.77. The van der Waals surface area contributed by atoms with Gasteiger partial charge in [-0.05, 0) is 42.0 Å². The Morgan fingerprint density at radius 1 is 1.10 bits per heavy atom. The average molecular weight is 390 g/mol. The molecule has 0 radical (unpaired) electrons. The van der Waals surface area contributed by atoms with Crippen molar-refractivity contribution in [3.63, 3.8) is 0 Å². The Balaban J connectivity index is 1.45. The highest BCUT2D eigenvalue weighted by molar-refractivity contribution is 5.93. The van der Waals surface area contributed by atoms with Crippen molar-refractivity contribution in [1.29, 1.82) is 0 Å². The third-order valence-electron chi connectivity index (χ3n) is 4.17. The minimum atomic E-state index is -0.571. The summed E-state index contributed by atoms with van der Waals surface area (Å²) in [7, 11) is 0. The summed E-state index contributed by atoms with van der Waals surface area (Å²) >= 11 is 0. The number of benzene rings is 2. The molecule has 0 fully saturated rings. The van der Waals surface area contributed by atoms with Crippen LogP contribution in [0.3, 0.4) is 0 Å². The van der Waals surface area contributed by atoms with Crippen molar-refractivity contribution in [3.05, 3.63) is 100 Å². The van der Waals surface area contributed by atoms with Crippen molar-refractivity contribution < 1.29 is 18.3 Å². The lowest BCUT2D eigenvalue weighted by atomic mass is 10.2. The molecule has 0 saturated heterocycles. The SMILES string of the molecule is O=C(NCc1ccc(Oc2cccnc2)c(F)c1)c1cc(=O)c2ccccc2o1. The number of carbonyl (C=O) groups is 1. The van der Waals surface area contributed by atoms with Crippen molar-refractivity contribution >= 4 is 16.9 Å². The Kier molecular flexibility index (Phi) is 5.03. The fourth-order valence-electron chi connectivity index (χ4n) is 2.76. The molecule has 6 nitrogen and oxygen atoms in total. The number of nitrogens with zero attached hydrogens (tertiary/aromatic N) is 1. The summed E-state index contributed by atoms with van der Waals surface area (Å²) in [6.45, 7) is 0.0550. The molecule has 2 aromatic carbocycles. The Labute approximate surface area is 164 Å². The van der Waals surface area contributed by atoms with E-state index in [9.17, 15) is 14.0 Å². The van der Waals surface area contributed by atoms with Crippen LogP contribution < -0.4 is 15.5 Å². The molecule has 7 heteroatoms. The van der Waals surface area contributed by atoms with E-state index in [-0.39, 0.29) is 23.5 Å². The maximum Gasteiger partial charge on any atom is 0.287 e. The van der Waals surface area contributed by atoms with Gasteiger partial charge in [0.2, 0.25) is 0 Å². The average Bonchev–Trinajstić information content (AvgIpc) is 2.74. The summed E-state index contributed by atoms with van der Waals surface area (Å²) in [5, 5.41) is 3.01. The Hall–Kier alpha value is -4.00. The Morgan fingerprint density at radius 2 is 1.97 bits per heavy atom. The number of halogens is 1. The maximum absolute atomic E-state index is 14.3. The Bertz CT molecular complexity index is 1240. The molecular formula is C22H15FN2O4. The van der Waals surface area contributed by atoms with Crippen LogP contribution in [-0.2, 0) is 6.54 Å². The van der Waals surface area contributed by atoms with E-state index in [1.54, 1.807) is 48.7 Å². The molecule has 0 bridgehead atoms. The van der Waals surface area contributed by atoms with Crippen LogP contribution >= 0.6 is 0 Å². The third-order valence-corrected chi connectivity index (χ3v) is 4.17. The summed E-state index contributed by atoms with van der Waals surface area (Å²) < 4.78 is 25.2. The minimum absolute atomic E-state index is 0.0496. The van der Waals surface area contributed by atoms with E-state index in [2.05, 4.69) is 10.3 Å². The van der Waals surface area contributed by atoms with Crippen molar-refractivity contribution in [2.24, 2.45) is 0 Å². The number of aromatic nitrogens is 1. The van der Waals surface area contributed by atoms with Gasteiger partial charge in [0, 0.05) is 18.8 Å². The summed E-state index contributed by atoms with van der Waals surface area (Å²) in [4.78, 5) is 28.3. The second-order valence-corrected chi connectivity index (χ2v) is 6.21. The fraction of sp³-hybridized carbons (Fsp3) is 0.0455. The molecule has 29 heavy (non-hydrogen) atoms. The van der Waals surface area contributed by atoms with Gasteiger partial charge < -0.3 is 14.5 Å². The lowest BCUT2D eigenvalue weighted by Crippen LogP contribution is -2.24. The summed E-state index contributed by atoms with van der Waals surface area (Å²) in [6.07, 6.45) is 3.07. The van der Waals surface area contributed by atoms with Crippen LogP contribution in [0.4, 0.5) is 4.39 Å². The van der Waals surface area contributed by atoms with Gasteiger partial charge in [-0.2, -0.15) is 0 Å². The number of para-hydroxylation sites is 1. The van der Waals surface area contributed by atoms with Crippen LogP contribution in [-0.4, -0.2) is 10.9 Å². The smallest absolute Gasteiger partial charge is 0.287 e. The molecule has 0 aliphatic heterocycles. The molecule has 2 heterocycles. The van der Waals surface area contributed by atoms with Gasteiger partial charge in [-0.15, -0.1) is 0 Å². The molecule has 0 spiro atoms. The van der Waals surface area contributed by atoms with E-state index in [1.165, 1.54) is 18.3 Å². The molecule has 2 aromatic heterocycles. The molecule has 4 rings (SSSR count). The fourth-order valence-corrected chi connectivity index (χ4v) is 2.76. The maximum atomic E-state index is 14.3. The number of ether oxygens (including phenoxy) is 1. The number of hydrogen-bond acceptors (Lipinski definition) is 5. The quantitative estimate of drug-likeness (QED) is 0.556. The van der Waals surface area contributed by atoms with Crippen molar-refractivity contribution in [2.45, 2.75) is 6.54 Å². The summed E-state index contributed by atoms with van der Waals surface area (Å²) in [6, 6.07) is 15.5. The predicted molar refractivity (Wildman–Crippen MR) is 104 cm³/mol. The number of hydrogen-bond donors (Lipinski definition) is 1. The molecular weight excluding hydrogens is 375 g/mol. The third kappa shape index (κ3) is 4.14. The lowest BCUT2D eigenvalue weighted by Gasteiger charge is -2.09. The van der Waals surface area contributed by atoms with E-state index in [4.69, 9.17) is 9.15 Å². The zero-order chi connectivity index (χ0) is 20.2. The highest BCUT2D eigenvalue weighted by atomic mass is 19.1. The van der Waals surface area contributed by atoms with Gasteiger partial charge in [-0.25, -0.2) is 4.39 Å². The van der Waals surface area contributed by atoms with E-state index in [1.807, 2.05) is 0 Å². The second-order valence-electron chi connectivity index (χ2n) is 6.21. The van der Waals surface area contributed by atoms with E-state index in [0.717, 1.165) is 6.07 Å². The largest absolute Gasteiger partial charge is 0.453 e. The standard InChI is InChI=1S/C22H15FN2O4/c23-17-10-14(7-8-20(17)28-15-4-3-9-24-13-15)12-25-22(27)21-11-18(26)16-5-1-2-6-19(16)29-21/h1-11,13H,12H2,(H,25,27). The Morgan fingerprint density at radius 3 is 2.76 bits per heavy atom. The molecule has 1 amide bonds. The van der Waals surface area contributed by atoms with E-state index < -0.39 is 11.7 Å². The van der Waals surface area contributed by atoms with E-state index >= 15 is 0 Å². The van der Waals surface area contributed by atoms with Crippen molar-refractivity contribution in [1.82, 2.24) is 10.3 Å². The van der Waals surface area contributed by atoms with Crippen LogP contribution in [0.5, 0.6) is 11.5 Å². The second kappa shape index (κ2) is 7.93. The number of fused-ring (bicyclic) bond motifs is 1. The molecule has 4 aromatic rings. The number of rotatable bonds is 5. The predicted octanol–water partition coefficient (Wildman–Crippen LogP) is 4.05. The molecule has 0 atom stereocenters. The van der Waals surface area contributed by atoms with Gasteiger partial charge in [0.1, 0.15) is 11.3 Å². The summed E-state index contributed by atoms with van der Waals surface area (Å²) in [5.74, 6) is -0.778. The van der Waals surface area contributed by atoms with Crippen LogP contribution in [0.15, 0.2) is 82.3 Å². The monoisotopic (exact) mass is 390 g/mol. The topological polar surface area (TPSA) is 81.4 Å². The van der Waals surface area contributed by atoms with Crippen LogP contribution in [0.1, 0.15) is 16.1 Å². The normalized spacial score (nSPS) is 10.7. The first kappa shape index (κ1) is 18.4. The van der Waals surface area contributed by atoms with Crippen molar-refractivity contribution in [2.75, 3.05) is 0 Å². The molecule has 0 saturated carbocycles. The van der Waals surface area contributed by atoms with Gasteiger partial charge in [-0.3, -0.25) is 14.6 Å². The molecule has 144 valence electrons. The van der Waals surface area contributed by atoms with Gasteiger partial charge >= 0.3 is 0 Å². The number of pyridine rings is 1. The van der Waals surface area contributed by atoms with Crippen molar-refractivity contribution in [3.8, 4) is 11.5 Å². The van der Waals surface area contributed by atoms with Gasteiger partial charge in [0.05, 0.1) is 11.6 Å². The van der Waals surface area contributed by atoms with Gasteiger partial charge in [0.25, 0.3) is 5.91 Å². The van der Waals surface area contributed by atoms with Gasteiger partial charge in [-0.1, -0.05) is 18.2 Å². The molecule has 0 aliphatic carbocycles. The lowest BCUT2D eigenvalue weighted by molar-refractivity contribution is 0.0923. The minimum Gasteiger partial charge on any atom is -0.453 e. The molecule has 1 N–H and O–H groups in total. The van der Waals surface area contributed by atoms with Crippen LogP contribution in [0, 0.1) is 5.82 Å². The first-order valence-corrected chi connectivity index (χ1v) is 8.77. The summed E-state index contributed by atoms with van der Waals surface area (Å²) in [5.41, 5.74) is 0.547. The zero-order valence-electron chi connectivity index (χ0n) is 15.1. The molecule has 0 aliphatic rings. The van der Waals surface area contributed by atoms with Crippen LogP contribution in [0.2, 0.25) is 0 Å². The molecule has 0 unspecified atom stereocenters. The first-order chi connectivity index (χ1) is 14.1.